The zero-order valence-electron chi connectivity index (χ0n) is 31.1. The van der Waals surface area contributed by atoms with Crippen molar-refractivity contribution < 1.29 is 49.5 Å². The highest BCUT2D eigenvalue weighted by atomic mass is 35.5. The molecule has 0 amide bonds. The first-order valence-corrected chi connectivity index (χ1v) is 19.6. The second kappa shape index (κ2) is 12.7. The van der Waals surface area contributed by atoms with Crippen LogP contribution in [0.2, 0.25) is 0 Å². The van der Waals surface area contributed by atoms with Crippen molar-refractivity contribution >= 4 is 40.5 Å². The minimum atomic E-state index is -1.64. The fraction of sp³-hybridized carbons (Fsp3) is 0.690. The van der Waals surface area contributed by atoms with Gasteiger partial charge in [0.15, 0.2) is 23.1 Å². The van der Waals surface area contributed by atoms with E-state index < -0.39 is 58.3 Å². The largest absolute Gasteiger partial charge is 0.393 e. The minimum absolute atomic E-state index is 0.0513. The van der Waals surface area contributed by atoms with Crippen LogP contribution in [0.5, 0.6) is 0 Å². The molecule has 0 aromatic rings. The molecule has 11 heteroatoms. The number of fused-ring (bicyclic) bond motifs is 10. The highest BCUT2D eigenvalue weighted by molar-refractivity contribution is 6.32. The summed E-state index contributed by atoms with van der Waals surface area (Å²) in [4.78, 5) is 61.8. The molecule has 288 valence electrons. The van der Waals surface area contributed by atoms with Gasteiger partial charge >= 0.3 is 0 Å². The number of aliphatic hydroxyl groups excluding tert-OH is 3. The maximum Gasteiger partial charge on any atom is 0.190 e. The number of hydrogen-bond donors (Lipinski definition) is 5. The number of aliphatic hydroxyl groups is 5. The number of hydrogen-bond acceptors (Lipinski definition) is 10. The van der Waals surface area contributed by atoms with E-state index in [0.29, 0.717) is 37.1 Å². The minimum Gasteiger partial charge on any atom is -0.393 e. The first-order valence-electron chi connectivity index (χ1n) is 19.3. The topological polar surface area (TPSA) is 186 Å². The van der Waals surface area contributed by atoms with Crippen molar-refractivity contribution in [3.05, 3.63) is 46.6 Å². The Labute approximate surface area is 315 Å². The van der Waals surface area contributed by atoms with Crippen molar-refractivity contribution in [2.75, 3.05) is 13.2 Å². The predicted octanol–water partition coefficient (Wildman–Crippen LogP) is 3.89. The van der Waals surface area contributed by atoms with E-state index in [1.165, 1.54) is 12.2 Å². The summed E-state index contributed by atoms with van der Waals surface area (Å²) in [5.41, 5.74) is -3.89. The van der Waals surface area contributed by atoms with Crippen LogP contribution in [-0.2, 0) is 24.0 Å². The number of Topliss-reactive ketones (excluding diaryl/α,β-unsaturated/α-hetero) is 3. The summed E-state index contributed by atoms with van der Waals surface area (Å²) in [5, 5.41) is 52.7. The van der Waals surface area contributed by atoms with Gasteiger partial charge in [-0.2, -0.15) is 0 Å². The number of halogens is 1. The van der Waals surface area contributed by atoms with Crippen LogP contribution in [0.3, 0.4) is 0 Å². The Morgan fingerprint density at radius 3 is 2.11 bits per heavy atom. The number of carbonyl (C=O) groups excluding carboxylic acids is 5. The molecule has 5 saturated carbocycles. The van der Waals surface area contributed by atoms with Crippen LogP contribution < -0.4 is 0 Å². The van der Waals surface area contributed by atoms with Crippen LogP contribution in [0.1, 0.15) is 91.9 Å². The van der Waals surface area contributed by atoms with E-state index >= 15 is 0 Å². The Morgan fingerprint density at radius 2 is 1.47 bits per heavy atom. The van der Waals surface area contributed by atoms with Gasteiger partial charge in [0.25, 0.3) is 0 Å². The van der Waals surface area contributed by atoms with Crippen LogP contribution in [0.15, 0.2) is 46.6 Å². The van der Waals surface area contributed by atoms with Crippen LogP contribution in [-0.4, -0.2) is 85.0 Å². The first-order chi connectivity index (χ1) is 24.8. The van der Waals surface area contributed by atoms with Crippen molar-refractivity contribution in [1.29, 1.82) is 0 Å². The van der Waals surface area contributed by atoms with Crippen LogP contribution in [0.25, 0.3) is 0 Å². The van der Waals surface area contributed by atoms with Gasteiger partial charge in [-0.1, -0.05) is 57.0 Å². The number of rotatable bonds is 4. The summed E-state index contributed by atoms with van der Waals surface area (Å²) in [5.74, 6) is -1.25. The summed E-state index contributed by atoms with van der Waals surface area (Å²) in [6, 6.07) is 0. The Balaban J connectivity index is 0.000000164. The Bertz CT molecular complexity index is 1790. The molecular weight excluding hydrogens is 700 g/mol. The molecule has 10 nitrogen and oxygen atoms in total. The zero-order chi connectivity index (χ0) is 38.7. The van der Waals surface area contributed by atoms with Gasteiger partial charge in [-0.15, -0.1) is 0 Å². The molecule has 0 aromatic carbocycles. The quantitative estimate of drug-likeness (QED) is 0.282. The lowest BCUT2D eigenvalue weighted by atomic mass is 9.46. The van der Waals surface area contributed by atoms with Gasteiger partial charge in [-0.3, -0.25) is 24.0 Å². The third-order valence-corrected chi connectivity index (χ3v) is 16.6. The summed E-state index contributed by atoms with van der Waals surface area (Å²) in [6.07, 6.45) is 13.0. The van der Waals surface area contributed by atoms with Gasteiger partial charge in [0.1, 0.15) is 30.2 Å². The molecule has 8 aliphatic rings. The van der Waals surface area contributed by atoms with Crippen molar-refractivity contribution in [2.45, 2.75) is 109 Å². The van der Waals surface area contributed by atoms with Crippen LogP contribution >= 0.6 is 11.6 Å². The lowest BCUT2D eigenvalue weighted by Gasteiger charge is -2.58. The van der Waals surface area contributed by atoms with Crippen LogP contribution in [0, 0.1) is 57.2 Å². The zero-order valence-corrected chi connectivity index (χ0v) is 31.8. The first kappa shape index (κ1) is 38.7. The molecule has 0 aromatic heterocycles. The lowest BCUT2D eigenvalue weighted by Crippen LogP contribution is -2.61. The molecule has 5 N–H and O–H groups in total. The second-order valence-corrected chi connectivity index (χ2v) is 18.8. The normalized spacial score (nSPS) is 48.0. The molecule has 0 spiro atoms. The molecule has 0 bridgehead atoms. The number of allylic oxidation sites excluding steroid dienone is 7. The standard InChI is InChI=1S/C21H25ClO5.C21H28O5/c1-19-5-3-11(24)7-14(19)15(22)8-12-13-4-6-21(27,17(26)10-23)20(13,2)9-16(25)18(12)19;1-19-7-5-13(23)9-12(19)3-4-14-15-6-8-21(26,17(25)11-22)20(15,2)10-16(24)18(14)19/h3,5,7-8,12-13,16,18,23,25,27H,4,6,9-10H2,1-2H3;9,14-15,18,22,26H,3-8,10-11H2,1-2H3/t12-,13-,16-,18+,19-,20-,21-;14-,15-,18+,19-,20-,21-/m00/s1. The van der Waals surface area contributed by atoms with E-state index in [1.807, 2.05) is 32.9 Å². The maximum atomic E-state index is 13.3. The van der Waals surface area contributed by atoms with Gasteiger partial charge in [-0.05, 0) is 104 Å². The third kappa shape index (κ3) is 5.18. The van der Waals surface area contributed by atoms with Crippen LogP contribution in [0.4, 0.5) is 0 Å². The molecule has 53 heavy (non-hydrogen) atoms. The number of carbonyl (C=O) groups is 5. The maximum absolute atomic E-state index is 13.3. The Kier molecular flexibility index (Phi) is 9.28. The summed E-state index contributed by atoms with van der Waals surface area (Å²) < 4.78 is 0. The monoisotopic (exact) mass is 752 g/mol. The van der Waals surface area contributed by atoms with Gasteiger partial charge < -0.3 is 25.5 Å². The molecule has 0 aliphatic heterocycles. The summed E-state index contributed by atoms with van der Waals surface area (Å²) in [7, 11) is 0. The summed E-state index contributed by atoms with van der Waals surface area (Å²) >= 11 is 6.57. The van der Waals surface area contributed by atoms with Gasteiger partial charge in [-0.25, -0.2) is 0 Å². The van der Waals surface area contributed by atoms with E-state index in [1.54, 1.807) is 6.08 Å². The van der Waals surface area contributed by atoms with E-state index in [9.17, 15) is 49.5 Å². The molecule has 8 rings (SSSR count). The van der Waals surface area contributed by atoms with E-state index in [4.69, 9.17) is 11.6 Å². The van der Waals surface area contributed by atoms with E-state index in [2.05, 4.69) is 6.92 Å². The van der Waals surface area contributed by atoms with Crippen molar-refractivity contribution in [2.24, 2.45) is 57.2 Å². The molecular formula is C42H53ClO10. The molecule has 8 aliphatic carbocycles. The van der Waals surface area contributed by atoms with E-state index in [0.717, 1.165) is 24.0 Å². The van der Waals surface area contributed by atoms with Crippen molar-refractivity contribution in [3.63, 3.8) is 0 Å². The molecule has 0 radical (unpaired) electrons. The average molecular weight is 753 g/mol. The van der Waals surface area contributed by atoms with Gasteiger partial charge in [0, 0.05) is 46.0 Å². The fourth-order valence-corrected chi connectivity index (χ4v) is 13.8. The van der Waals surface area contributed by atoms with E-state index in [-0.39, 0.29) is 77.5 Å². The molecule has 0 heterocycles. The lowest BCUT2D eigenvalue weighted by molar-refractivity contribution is -0.172. The molecule has 0 unspecified atom stereocenters. The van der Waals surface area contributed by atoms with Crippen molar-refractivity contribution in [1.82, 2.24) is 0 Å². The molecule has 13 atom stereocenters. The Hall–Kier alpha value is -2.60. The molecule has 0 saturated heterocycles. The predicted molar refractivity (Wildman–Crippen MR) is 194 cm³/mol. The molecule has 5 fully saturated rings. The summed E-state index contributed by atoms with van der Waals surface area (Å²) in [6.45, 7) is 6.42. The SMILES string of the molecule is C[C@]12C=CC(=O)C=C1C(Cl)=C[C@@H]1[C@@H]2[C@@H](O)C[C@@]2(C)[C@H]1CC[C@]2(O)C(=O)CO.C[C@]12CCC(=O)C=C1CC[C@@H]1[C@@H]2C(=O)C[C@@]2(C)[C@H]1CC[C@]2(O)C(=O)CO. The van der Waals surface area contributed by atoms with Crippen molar-refractivity contribution in [3.8, 4) is 0 Å². The average Bonchev–Trinajstić information content (AvgIpc) is 3.54. The highest BCUT2D eigenvalue weighted by Crippen LogP contribution is 2.68. The Morgan fingerprint density at radius 1 is 0.849 bits per heavy atom. The second-order valence-electron chi connectivity index (χ2n) is 18.4. The highest BCUT2D eigenvalue weighted by Gasteiger charge is 2.69. The van der Waals surface area contributed by atoms with Gasteiger partial charge in [0.05, 0.1) is 6.10 Å². The number of ketones is 5. The fourth-order valence-electron chi connectivity index (χ4n) is 13.4. The third-order valence-electron chi connectivity index (χ3n) is 16.3. The van der Waals surface area contributed by atoms with Gasteiger partial charge in [0.2, 0.25) is 0 Å². The smallest absolute Gasteiger partial charge is 0.190 e.